The maximum absolute atomic E-state index is 13.2. The van der Waals surface area contributed by atoms with E-state index in [4.69, 9.17) is 16.3 Å². The van der Waals surface area contributed by atoms with E-state index in [9.17, 15) is 18.8 Å². The molecule has 1 heterocycles. The molecule has 4 aliphatic rings. The maximum atomic E-state index is 13.2. The van der Waals surface area contributed by atoms with Gasteiger partial charge in [-0.05, 0) is 43.5 Å². The summed E-state index contributed by atoms with van der Waals surface area (Å²) in [5.41, 5.74) is -0.0412. The Labute approximate surface area is 170 Å². The quantitative estimate of drug-likeness (QED) is 0.763. The molecule has 2 aromatic rings. The normalized spacial score (nSPS) is 26.5. The SMILES string of the molecule is O=C(COc1ccc(F)c(Cl)c1)NC12CC(N3C(=O)c4ccccc4C3=O)(C1)C2. The maximum Gasteiger partial charge on any atom is 0.262 e. The summed E-state index contributed by atoms with van der Waals surface area (Å²) in [5.74, 6) is -1.10. The molecule has 3 saturated carbocycles. The number of hydrogen-bond donors (Lipinski definition) is 1. The van der Waals surface area contributed by atoms with Gasteiger partial charge in [-0.3, -0.25) is 19.3 Å². The van der Waals surface area contributed by atoms with Crippen molar-refractivity contribution in [1.82, 2.24) is 10.2 Å². The fraction of sp³-hybridized carbons (Fsp3) is 0.286. The van der Waals surface area contributed by atoms with Crippen LogP contribution in [0.4, 0.5) is 4.39 Å². The molecule has 0 spiro atoms. The van der Waals surface area contributed by atoms with Gasteiger partial charge in [0.05, 0.1) is 21.7 Å². The van der Waals surface area contributed by atoms with Crippen molar-refractivity contribution in [3.63, 3.8) is 0 Å². The number of amides is 3. The highest BCUT2D eigenvalue weighted by atomic mass is 35.5. The second kappa shape index (κ2) is 6.03. The molecule has 6 rings (SSSR count). The molecule has 0 atom stereocenters. The van der Waals surface area contributed by atoms with Gasteiger partial charge in [0.25, 0.3) is 17.7 Å². The van der Waals surface area contributed by atoms with Crippen molar-refractivity contribution in [3.8, 4) is 5.75 Å². The topological polar surface area (TPSA) is 75.7 Å². The van der Waals surface area contributed by atoms with Crippen molar-refractivity contribution in [3.05, 3.63) is 64.4 Å². The number of fused-ring (bicyclic) bond motifs is 1. The van der Waals surface area contributed by atoms with Crippen molar-refractivity contribution in [2.24, 2.45) is 0 Å². The molecule has 148 valence electrons. The molecule has 29 heavy (non-hydrogen) atoms. The van der Waals surface area contributed by atoms with Gasteiger partial charge in [0, 0.05) is 11.6 Å². The first-order valence-electron chi connectivity index (χ1n) is 9.19. The number of nitrogens with zero attached hydrogens (tertiary/aromatic N) is 1. The highest BCUT2D eigenvalue weighted by Gasteiger charge is 2.73. The first kappa shape index (κ1) is 18.1. The summed E-state index contributed by atoms with van der Waals surface area (Å²) in [7, 11) is 0. The minimum atomic E-state index is -0.559. The lowest BCUT2D eigenvalue weighted by Crippen LogP contribution is -2.84. The first-order valence-corrected chi connectivity index (χ1v) is 9.57. The Kier molecular flexibility index (Phi) is 3.77. The lowest BCUT2D eigenvalue weighted by atomic mass is 9.43. The molecule has 0 unspecified atom stereocenters. The average Bonchev–Trinajstić information content (AvgIpc) is 2.89. The number of benzene rings is 2. The standard InChI is InChI=1S/C21H16ClFN2O4/c22-15-7-12(5-6-16(15)23)29-8-17(26)24-20-9-21(10-20,11-20)25-18(27)13-3-1-2-4-14(13)19(25)28/h1-7H,8-11H2,(H,24,26). The Bertz CT molecular complexity index is 1030. The molecule has 2 bridgehead atoms. The predicted molar refractivity (Wildman–Crippen MR) is 101 cm³/mol. The summed E-state index contributed by atoms with van der Waals surface area (Å²) >= 11 is 5.69. The fourth-order valence-corrected chi connectivity index (χ4v) is 4.94. The lowest BCUT2D eigenvalue weighted by molar-refractivity contribution is -0.159. The van der Waals surface area contributed by atoms with E-state index in [2.05, 4.69) is 5.32 Å². The molecule has 3 fully saturated rings. The molecule has 0 aromatic heterocycles. The first-order chi connectivity index (χ1) is 13.8. The van der Waals surface area contributed by atoms with Gasteiger partial charge in [0.15, 0.2) is 6.61 Å². The molecule has 0 radical (unpaired) electrons. The van der Waals surface area contributed by atoms with Crippen molar-refractivity contribution in [2.75, 3.05) is 6.61 Å². The van der Waals surface area contributed by atoms with Gasteiger partial charge in [0.1, 0.15) is 11.6 Å². The molecule has 3 aliphatic carbocycles. The summed E-state index contributed by atoms with van der Waals surface area (Å²) in [6.45, 7) is -0.232. The van der Waals surface area contributed by atoms with Crippen molar-refractivity contribution in [1.29, 1.82) is 0 Å². The van der Waals surface area contributed by atoms with Gasteiger partial charge in [-0.15, -0.1) is 0 Å². The Morgan fingerprint density at radius 3 is 2.31 bits per heavy atom. The number of nitrogens with one attached hydrogen (secondary N) is 1. The van der Waals surface area contributed by atoms with Crippen LogP contribution >= 0.6 is 11.6 Å². The summed E-state index contributed by atoms with van der Waals surface area (Å²) in [5, 5.41) is 2.86. The summed E-state index contributed by atoms with van der Waals surface area (Å²) < 4.78 is 18.5. The summed E-state index contributed by atoms with van der Waals surface area (Å²) in [6.07, 6.45) is 1.62. The molecule has 8 heteroatoms. The second-order valence-electron chi connectivity index (χ2n) is 7.94. The number of carbonyl (C=O) groups excluding carboxylic acids is 3. The number of carbonyl (C=O) groups is 3. The molecule has 1 N–H and O–H groups in total. The zero-order chi connectivity index (χ0) is 20.4. The third-order valence-electron chi connectivity index (χ3n) is 5.94. The molecular weight excluding hydrogens is 399 g/mol. The minimum Gasteiger partial charge on any atom is -0.484 e. The van der Waals surface area contributed by atoms with E-state index in [0.717, 1.165) is 0 Å². The van der Waals surface area contributed by atoms with Crippen LogP contribution in [-0.2, 0) is 4.79 Å². The van der Waals surface area contributed by atoms with Crippen LogP contribution in [0.1, 0.15) is 40.0 Å². The van der Waals surface area contributed by atoms with Crippen LogP contribution < -0.4 is 10.1 Å². The molecular formula is C21H16ClFN2O4. The zero-order valence-electron chi connectivity index (χ0n) is 15.2. The Hall–Kier alpha value is -2.93. The van der Waals surface area contributed by atoms with E-state index in [1.807, 2.05) is 0 Å². The second-order valence-corrected chi connectivity index (χ2v) is 8.35. The highest BCUT2D eigenvalue weighted by Crippen LogP contribution is 2.64. The van der Waals surface area contributed by atoms with E-state index in [1.54, 1.807) is 24.3 Å². The molecule has 2 aromatic carbocycles. The number of imide groups is 1. The fourth-order valence-electron chi connectivity index (χ4n) is 4.77. The number of halogens is 2. The molecule has 6 nitrogen and oxygen atoms in total. The molecule has 3 amide bonds. The van der Waals surface area contributed by atoms with Crippen LogP contribution in [0.15, 0.2) is 42.5 Å². The Balaban J connectivity index is 1.18. The van der Waals surface area contributed by atoms with Crippen LogP contribution in [0.25, 0.3) is 0 Å². The van der Waals surface area contributed by atoms with E-state index >= 15 is 0 Å². The lowest BCUT2D eigenvalue weighted by Gasteiger charge is -2.72. The van der Waals surface area contributed by atoms with Crippen LogP contribution in [0.2, 0.25) is 5.02 Å². The highest BCUT2D eigenvalue weighted by molar-refractivity contribution is 6.30. The van der Waals surface area contributed by atoms with Crippen LogP contribution in [-0.4, -0.2) is 40.3 Å². The third-order valence-corrected chi connectivity index (χ3v) is 6.23. The van der Waals surface area contributed by atoms with E-state index in [0.29, 0.717) is 36.1 Å². The van der Waals surface area contributed by atoms with Crippen LogP contribution in [0.3, 0.4) is 0 Å². The van der Waals surface area contributed by atoms with Gasteiger partial charge in [-0.25, -0.2) is 4.39 Å². The Morgan fingerprint density at radius 2 is 1.72 bits per heavy atom. The number of hydrogen-bond acceptors (Lipinski definition) is 4. The average molecular weight is 415 g/mol. The van der Waals surface area contributed by atoms with Crippen molar-refractivity contribution < 1.29 is 23.5 Å². The van der Waals surface area contributed by atoms with E-state index in [-0.39, 0.29) is 29.4 Å². The minimum absolute atomic E-state index is 0.0785. The Morgan fingerprint density at radius 1 is 1.10 bits per heavy atom. The van der Waals surface area contributed by atoms with Gasteiger partial charge in [-0.2, -0.15) is 0 Å². The monoisotopic (exact) mass is 414 g/mol. The van der Waals surface area contributed by atoms with E-state index in [1.165, 1.54) is 23.1 Å². The number of ether oxygens (including phenoxy) is 1. The van der Waals surface area contributed by atoms with Gasteiger partial charge < -0.3 is 10.1 Å². The predicted octanol–water partition coefficient (Wildman–Crippen LogP) is 2.95. The van der Waals surface area contributed by atoms with E-state index < -0.39 is 16.9 Å². The van der Waals surface area contributed by atoms with Crippen LogP contribution in [0.5, 0.6) is 5.75 Å². The zero-order valence-corrected chi connectivity index (χ0v) is 16.0. The summed E-state index contributed by atoms with van der Waals surface area (Å²) in [6, 6.07) is 10.7. The smallest absolute Gasteiger partial charge is 0.262 e. The molecule has 1 aliphatic heterocycles. The summed E-state index contributed by atoms with van der Waals surface area (Å²) in [4.78, 5) is 38.9. The van der Waals surface area contributed by atoms with Gasteiger partial charge >= 0.3 is 0 Å². The number of rotatable bonds is 5. The van der Waals surface area contributed by atoms with Gasteiger partial charge in [-0.1, -0.05) is 23.7 Å². The largest absolute Gasteiger partial charge is 0.484 e. The third kappa shape index (κ3) is 2.64. The van der Waals surface area contributed by atoms with Crippen molar-refractivity contribution in [2.45, 2.75) is 30.3 Å². The van der Waals surface area contributed by atoms with Crippen LogP contribution in [0, 0.1) is 5.82 Å². The van der Waals surface area contributed by atoms with Crippen molar-refractivity contribution >= 4 is 29.3 Å². The van der Waals surface area contributed by atoms with Gasteiger partial charge in [0.2, 0.25) is 0 Å². The molecule has 0 saturated heterocycles.